The molecule has 32 heavy (non-hydrogen) atoms. The zero-order valence-electron chi connectivity index (χ0n) is 20.0. The minimum absolute atomic E-state index is 0.149. The summed E-state index contributed by atoms with van der Waals surface area (Å²) < 4.78 is 0. The minimum atomic E-state index is 0.149. The number of nitrogens with zero attached hydrogens (tertiary/aromatic N) is 1. The monoisotopic (exact) mass is 500 g/mol. The molecule has 0 bridgehead atoms. The lowest BCUT2D eigenvalue weighted by molar-refractivity contribution is -0.130. The van der Waals surface area contributed by atoms with Gasteiger partial charge in [0.25, 0.3) is 0 Å². The van der Waals surface area contributed by atoms with E-state index in [0.717, 1.165) is 47.9 Å². The number of carbonyl (C=O) groups excluding carboxylic acids is 1. The topological polar surface area (TPSA) is 56.4 Å². The Labute approximate surface area is 210 Å². The lowest BCUT2D eigenvalue weighted by Gasteiger charge is -2.27. The highest BCUT2D eigenvalue weighted by atomic mass is 35.5. The largest absolute Gasteiger partial charge is 0.388 e. The van der Waals surface area contributed by atoms with E-state index in [9.17, 15) is 4.79 Å². The summed E-state index contributed by atoms with van der Waals surface area (Å²) in [6.07, 6.45) is 8.81. The number of hydrogen-bond acceptors (Lipinski definition) is 6. The Morgan fingerprint density at radius 3 is 2.31 bits per heavy atom. The van der Waals surface area contributed by atoms with Gasteiger partial charge < -0.3 is 20.9 Å². The molecule has 1 aliphatic heterocycles. The van der Waals surface area contributed by atoms with Gasteiger partial charge >= 0.3 is 0 Å². The molecule has 1 atom stereocenters. The van der Waals surface area contributed by atoms with Crippen molar-refractivity contribution in [2.24, 2.45) is 0 Å². The molecule has 0 spiro atoms. The van der Waals surface area contributed by atoms with Crippen LogP contribution in [0.5, 0.6) is 0 Å². The molecule has 1 aromatic rings. The zero-order valence-corrected chi connectivity index (χ0v) is 22.5. The number of halogens is 1. The summed E-state index contributed by atoms with van der Waals surface area (Å²) in [6, 6.07) is 7.57. The molecule has 8 heteroatoms. The van der Waals surface area contributed by atoms with E-state index >= 15 is 0 Å². The van der Waals surface area contributed by atoms with Crippen LogP contribution < -0.4 is 16.0 Å². The van der Waals surface area contributed by atoms with Crippen LogP contribution in [0.2, 0.25) is 5.02 Å². The van der Waals surface area contributed by atoms with E-state index in [1.165, 1.54) is 12.8 Å². The molecule has 1 saturated carbocycles. The van der Waals surface area contributed by atoms with Crippen molar-refractivity contribution in [2.75, 3.05) is 57.1 Å². The molecule has 1 saturated heterocycles. The lowest BCUT2D eigenvalue weighted by atomic mass is 10.3. The van der Waals surface area contributed by atoms with Crippen molar-refractivity contribution in [1.82, 2.24) is 15.5 Å². The number of carbonyl (C=O) groups is 1. The maximum Gasteiger partial charge on any atom is 0.241 e. The minimum Gasteiger partial charge on any atom is -0.388 e. The summed E-state index contributed by atoms with van der Waals surface area (Å²) >= 11 is 11.3. The molecule has 2 aliphatic rings. The van der Waals surface area contributed by atoms with Crippen molar-refractivity contribution in [3.05, 3.63) is 53.7 Å². The van der Waals surface area contributed by atoms with Crippen LogP contribution in [-0.2, 0) is 4.79 Å². The van der Waals surface area contributed by atoms with Crippen LogP contribution in [0.25, 0.3) is 0 Å². The van der Waals surface area contributed by atoms with Gasteiger partial charge in [0.2, 0.25) is 5.91 Å². The summed E-state index contributed by atoms with van der Waals surface area (Å²) in [6.45, 7) is 11.5. The van der Waals surface area contributed by atoms with Gasteiger partial charge in [-0.05, 0) is 62.2 Å². The molecule has 1 heterocycles. The molecular formula is C24H41ClN4OS2. The molecular weight excluding hydrogens is 460 g/mol. The number of piperazine rings is 1. The summed E-state index contributed by atoms with van der Waals surface area (Å²) in [5, 5.41) is 10.5. The fourth-order valence-corrected chi connectivity index (χ4v) is 2.90. The molecule has 5 nitrogen and oxygen atoms in total. The number of amides is 1. The number of rotatable bonds is 6. The van der Waals surface area contributed by atoms with Gasteiger partial charge in [-0.3, -0.25) is 4.79 Å². The molecule has 182 valence electrons. The molecule has 3 rings (SSSR count). The van der Waals surface area contributed by atoms with E-state index in [1.54, 1.807) is 11.8 Å². The standard InChI is InChI=1S/C8H15N3O.C7H8ClN.C7H12S.C2H6S/c1-2-9-7-8(12)11-5-3-10-4-6-11;1-9-7-4-2-6(8)3-5-7;1-6(8-2)5-7-3-4-7;1-2-3/h2,9-10H,1,3-7H2;2-5,9H,1H3;5-6H,3-4H2,1-2H3;3H,2H2,1H3. The smallest absolute Gasteiger partial charge is 0.241 e. The first-order valence-corrected chi connectivity index (χ1v) is 13.3. The molecule has 3 N–H and O–H groups in total. The maximum absolute atomic E-state index is 11.3. The first-order chi connectivity index (χ1) is 15.4. The van der Waals surface area contributed by atoms with Crippen molar-refractivity contribution in [2.45, 2.75) is 31.9 Å². The third-order valence-electron chi connectivity index (χ3n) is 4.38. The third kappa shape index (κ3) is 17.3. The van der Waals surface area contributed by atoms with Crippen LogP contribution in [0.15, 0.2) is 48.7 Å². The Kier molecular flexibility index (Phi) is 19.5. The van der Waals surface area contributed by atoms with Crippen LogP contribution in [0, 0.1) is 0 Å². The van der Waals surface area contributed by atoms with Crippen LogP contribution in [0.4, 0.5) is 5.69 Å². The van der Waals surface area contributed by atoms with Gasteiger partial charge in [-0.15, -0.1) is 0 Å². The number of thioether (sulfide) groups is 1. The highest BCUT2D eigenvalue weighted by Gasteiger charge is 2.14. The Balaban J connectivity index is 0.000000432. The van der Waals surface area contributed by atoms with E-state index < -0.39 is 0 Å². The second kappa shape index (κ2) is 20.3. The van der Waals surface area contributed by atoms with E-state index in [2.05, 4.69) is 54.4 Å². The molecule has 1 aliphatic carbocycles. The van der Waals surface area contributed by atoms with Crippen LogP contribution in [0.1, 0.15) is 26.7 Å². The SMILES string of the molecule is C=CNCC(=O)N1CCNCC1.CCS.CNc1ccc(Cl)cc1.CSC(C)C=C1CC1. The zero-order chi connectivity index (χ0) is 24.2. The molecule has 1 aromatic carbocycles. The Morgan fingerprint density at radius 2 is 1.88 bits per heavy atom. The van der Waals surface area contributed by atoms with Crippen molar-refractivity contribution in [3.63, 3.8) is 0 Å². The van der Waals surface area contributed by atoms with Crippen LogP contribution in [-0.4, -0.2) is 67.8 Å². The van der Waals surface area contributed by atoms with Gasteiger partial charge in [-0.25, -0.2) is 0 Å². The third-order valence-corrected chi connectivity index (χ3v) is 5.51. The molecule has 1 unspecified atom stereocenters. The van der Waals surface area contributed by atoms with E-state index in [0.29, 0.717) is 6.54 Å². The normalized spacial score (nSPS) is 14.7. The van der Waals surface area contributed by atoms with Gasteiger partial charge in [-0.1, -0.05) is 36.8 Å². The average Bonchev–Trinajstić information content (AvgIpc) is 3.64. The van der Waals surface area contributed by atoms with Crippen molar-refractivity contribution >= 4 is 47.6 Å². The summed E-state index contributed by atoms with van der Waals surface area (Å²) in [7, 11) is 1.88. The number of benzene rings is 1. The fourth-order valence-electron chi connectivity index (χ4n) is 2.44. The number of thiol groups is 1. The van der Waals surface area contributed by atoms with Gasteiger partial charge in [0.05, 0.1) is 6.54 Å². The van der Waals surface area contributed by atoms with E-state index in [-0.39, 0.29) is 5.91 Å². The van der Waals surface area contributed by atoms with Crippen molar-refractivity contribution in [3.8, 4) is 0 Å². The predicted octanol–water partition coefficient (Wildman–Crippen LogP) is 4.93. The lowest BCUT2D eigenvalue weighted by Crippen LogP contribution is -2.48. The van der Waals surface area contributed by atoms with Gasteiger partial charge in [0, 0.05) is 49.2 Å². The van der Waals surface area contributed by atoms with E-state index in [1.807, 2.05) is 54.9 Å². The van der Waals surface area contributed by atoms with Crippen molar-refractivity contribution in [1.29, 1.82) is 0 Å². The molecule has 1 amide bonds. The summed E-state index contributed by atoms with van der Waals surface area (Å²) in [5.41, 5.74) is 2.74. The number of nitrogens with one attached hydrogen (secondary N) is 3. The number of allylic oxidation sites excluding steroid dienone is 1. The van der Waals surface area contributed by atoms with Crippen molar-refractivity contribution < 1.29 is 4.79 Å². The Morgan fingerprint density at radius 1 is 1.31 bits per heavy atom. The number of hydrogen-bond donors (Lipinski definition) is 4. The maximum atomic E-state index is 11.3. The van der Waals surface area contributed by atoms with Gasteiger partial charge in [-0.2, -0.15) is 24.4 Å². The second-order valence-corrected chi connectivity index (χ2v) is 9.34. The van der Waals surface area contributed by atoms with Gasteiger partial charge in [0.1, 0.15) is 0 Å². The van der Waals surface area contributed by atoms with Crippen LogP contribution >= 0.6 is 36.0 Å². The highest BCUT2D eigenvalue weighted by molar-refractivity contribution is 7.99. The first-order valence-electron chi connectivity index (χ1n) is 11.0. The molecule has 0 radical (unpaired) electrons. The Hall–Kier alpha value is -1.28. The predicted molar refractivity (Wildman–Crippen MR) is 148 cm³/mol. The first kappa shape index (κ1) is 30.7. The summed E-state index contributed by atoms with van der Waals surface area (Å²) in [5.74, 6) is 1.09. The van der Waals surface area contributed by atoms with Gasteiger partial charge in [0.15, 0.2) is 0 Å². The van der Waals surface area contributed by atoms with E-state index in [4.69, 9.17) is 11.6 Å². The van der Waals surface area contributed by atoms with Crippen LogP contribution in [0.3, 0.4) is 0 Å². The average molecular weight is 501 g/mol. The number of anilines is 1. The molecule has 0 aromatic heterocycles. The molecule has 2 fully saturated rings. The summed E-state index contributed by atoms with van der Waals surface area (Å²) in [4.78, 5) is 13.2. The fraction of sp³-hybridized carbons (Fsp3) is 0.542. The quantitative estimate of drug-likeness (QED) is 0.329. The highest BCUT2D eigenvalue weighted by Crippen LogP contribution is 2.29. The second-order valence-electron chi connectivity index (χ2n) is 7.05. The Bertz CT molecular complexity index is 644.